The summed E-state index contributed by atoms with van der Waals surface area (Å²) >= 11 is 0. The Labute approximate surface area is 151 Å². The highest BCUT2D eigenvalue weighted by Crippen LogP contribution is 2.62. The highest BCUT2D eigenvalue weighted by atomic mass is 16.5. The molecule has 3 fully saturated rings. The molecule has 0 spiro atoms. The first-order valence-electron chi connectivity index (χ1n) is 11.0. The molecule has 3 rings (SSSR count). The minimum Gasteiger partial charge on any atom is -0.375 e. The van der Waals surface area contributed by atoms with Crippen molar-refractivity contribution in [1.82, 2.24) is 0 Å². The molecule has 140 valence electrons. The number of allylic oxidation sites excluding steroid dienone is 1. The van der Waals surface area contributed by atoms with Crippen LogP contribution in [0.3, 0.4) is 0 Å². The number of hydrogen-bond donors (Lipinski definition) is 0. The lowest BCUT2D eigenvalue weighted by atomic mass is 9.79. The zero-order chi connectivity index (χ0) is 17.3. The Morgan fingerprint density at radius 3 is 2.38 bits per heavy atom. The summed E-state index contributed by atoms with van der Waals surface area (Å²) in [6.45, 7) is 8.59. The third kappa shape index (κ3) is 5.10. The molecular formula is C23H42O. The summed E-state index contributed by atoms with van der Waals surface area (Å²) < 4.78 is 6.54. The van der Waals surface area contributed by atoms with Gasteiger partial charge in [0.1, 0.15) is 0 Å². The van der Waals surface area contributed by atoms with Gasteiger partial charge >= 0.3 is 0 Å². The Morgan fingerprint density at radius 2 is 1.67 bits per heavy atom. The van der Waals surface area contributed by atoms with Crippen LogP contribution in [0.4, 0.5) is 0 Å². The van der Waals surface area contributed by atoms with Gasteiger partial charge in [-0.15, -0.1) is 6.58 Å². The molecule has 1 nitrogen and oxygen atoms in total. The molecule has 0 aliphatic heterocycles. The third-order valence-corrected chi connectivity index (χ3v) is 6.78. The molecule has 0 aromatic rings. The van der Waals surface area contributed by atoms with Crippen LogP contribution in [0.5, 0.6) is 0 Å². The molecule has 1 heteroatoms. The molecule has 4 unspecified atom stereocenters. The van der Waals surface area contributed by atoms with E-state index in [1.54, 1.807) is 6.08 Å². The summed E-state index contributed by atoms with van der Waals surface area (Å²) in [5.41, 5.74) is 0.354. The van der Waals surface area contributed by atoms with Gasteiger partial charge in [0.15, 0.2) is 0 Å². The molecule has 3 aliphatic carbocycles. The SMILES string of the molecule is C=CC.CCCCCCCCCCOC12CCC(C1)C1CCCC12. The van der Waals surface area contributed by atoms with E-state index in [1.807, 2.05) is 6.92 Å². The summed E-state index contributed by atoms with van der Waals surface area (Å²) in [5, 5.41) is 0. The zero-order valence-electron chi connectivity index (χ0n) is 16.5. The van der Waals surface area contributed by atoms with E-state index in [-0.39, 0.29) is 0 Å². The normalized spacial score (nSPS) is 33.2. The molecule has 24 heavy (non-hydrogen) atoms. The van der Waals surface area contributed by atoms with E-state index in [9.17, 15) is 0 Å². The Hall–Kier alpha value is -0.300. The van der Waals surface area contributed by atoms with Crippen molar-refractivity contribution in [2.75, 3.05) is 6.61 Å². The first-order chi connectivity index (χ1) is 11.8. The quantitative estimate of drug-likeness (QED) is 0.301. The first-order valence-corrected chi connectivity index (χ1v) is 11.0. The van der Waals surface area contributed by atoms with E-state index in [0.717, 1.165) is 24.4 Å². The minimum absolute atomic E-state index is 0.354. The largest absolute Gasteiger partial charge is 0.375 e. The molecular weight excluding hydrogens is 292 g/mol. The van der Waals surface area contributed by atoms with E-state index < -0.39 is 0 Å². The second-order valence-electron chi connectivity index (χ2n) is 8.50. The van der Waals surface area contributed by atoms with Gasteiger partial charge in [-0.1, -0.05) is 64.4 Å². The van der Waals surface area contributed by atoms with Crippen molar-refractivity contribution in [3.63, 3.8) is 0 Å². The predicted molar refractivity (Wildman–Crippen MR) is 105 cm³/mol. The van der Waals surface area contributed by atoms with Crippen LogP contribution in [0.15, 0.2) is 12.7 Å². The minimum atomic E-state index is 0.354. The van der Waals surface area contributed by atoms with E-state index in [4.69, 9.17) is 4.74 Å². The Kier molecular flexibility index (Phi) is 8.87. The molecule has 4 atom stereocenters. The smallest absolute Gasteiger partial charge is 0.0716 e. The predicted octanol–water partition coefficient (Wildman–Crippen LogP) is 7.30. The maximum Gasteiger partial charge on any atom is 0.0716 e. The highest BCUT2D eigenvalue weighted by molar-refractivity contribution is 5.09. The van der Waals surface area contributed by atoms with E-state index in [0.29, 0.717) is 5.60 Å². The Morgan fingerprint density at radius 1 is 1.00 bits per heavy atom. The number of unbranched alkanes of at least 4 members (excludes halogenated alkanes) is 7. The second-order valence-corrected chi connectivity index (χ2v) is 8.50. The lowest BCUT2D eigenvalue weighted by Crippen LogP contribution is -2.37. The van der Waals surface area contributed by atoms with Gasteiger partial charge < -0.3 is 4.74 Å². The van der Waals surface area contributed by atoms with Crippen LogP contribution in [-0.2, 0) is 4.74 Å². The van der Waals surface area contributed by atoms with E-state index in [2.05, 4.69) is 13.5 Å². The summed E-state index contributed by atoms with van der Waals surface area (Å²) in [5.74, 6) is 3.04. The molecule has 2 bridgehead atoms. The zero-order valence-corrected chi connectivity index (χ0v) is 16.5. The molecule has 0 amide bonds. The molecule has 0 N–H and O–H groups in total. The van der Waals surface area contributed by atoms with E-state index in [1.165, 1.54) is 89.9 Å². The summed E-state index contributed by atoms with van der Waals surface area (Å²) in [6.07, 6.45) is 21.7. The number of ether oxygens (including phenoxy) is 1. The Bertz CT molecular complexity index is 350. The van der Waals surface area contributed by atoms with Crippen molar-refractivity contribution < 1.29 is 4.74 Å². The van der Waals surface area contributed by atoms with Crippen molar-refractivity contribution >= 4 is 0 Å². The van der Waals surface area contributed by atoms with Crippen molar-refractivity contribution in [2.45, 2.75) is 109 Å². The van der Waals surface area contributed by atoms with Crippen LogP contribution in [-0.4, -0.2) is 12.2 Å². The molecule has 3 aliphatic rings. The molecule has 0 radical (unpaired) electrons. The highest BCUT2D eigenvalue weighted by Gasteiger charge is 2.59. The van der Waals surface area contributed by atoms with Gasteiger partial charge in [0.25, 0.3) is 0 Å². The summed E-state index contributed by atoms with van der Waals surface area (Å²) in [6, 6.07) is 0. The number of rotatable bonds is 10. The topological polar surface area (TPSA) is 9.23 Å². The average Bonchev–Trinajstić information content (AvgIpc) is 3.27. The van der Waals surface area contributed by atoms with E-state index >= 15 is 0 Å². The van der Waals surface area contributed by atoms with Gasteiger partial charge in [0.2, 0.25) is 0 Å². The molecule has 0 aromatic heterocycles. The standard InChI is InChI=1S/C20H36O.C3H6/c1-2-3-4-5-6-7-8-9-15-21-20-14-13-17(16-20)18-11-10-12-19(18)20;1-3-2/h17-19H,2-16H2,1H3;3H,1H2,2H3. The number of hydrogen-bond acceptors (Lipinski definition) is 1. The van der Waals surface area contributed by atoms with Crippen molar-refractivity contribution in [1.29, 1.82) is 0 Å². The fourth-order valence-corrected chi connectivity index (χ4v) is 5.74. The molecule has 0 aromatic carbocycles. The fourth-order valence-electron chi connectivity index (χ4n) is 5.74. The second kappa shape index (κ2) is 10.6. The van der Waals surface area contributed by atoms with Crippen LogP contribution in [0.2, 0.25) is 0 Å². The van der Waals surface area contributed by atoms with Gasteiger partial charge in [-0.3, -0.25) is 0 Å². The molecule has 3 saturated carbocycles. The van der Waals surface area contributed by atoms with Crippen LogP contribution < -0.4 is 0 Å². The van der Waals surface area contributed by atoms with Crippen molar-refractivity contribution in [2.24, 2.45) is 17.8 Å². The lowest BCUT2D eigenvalue weighted by molar-refractivity contribution is -0.0783. The van der Waals surface area contributed by atoms with Crippen LogP contribution in [0.1, 0.15) is 104 Å². The van der Waals surface area contributed by atoms with Crippen LogP contribution in [0.25, 0.3) is 0 Å². The first kappa shape index (κ1) is 20.0. The maximum atomic E-state index is 6.54. The molecule has 0 heterocycles. The molecule has 0 saturated heterocycles. The van der Waals surface area contributed by atoms with Crippen molar-refractivity contribution in [3.05, 3.63) is 12.7 Å². The summed E-state index contributed by atoms with van der Waals surface area (Å²) in [4.78, 5) is 0. The van der Waals surface area contributed by atoms with Gasteiger partial charge in [-0.25, -0.2) is 0 Å². The van der Waals surface area contributed by atoms with Gasteiger partial charge in [-0.05, 0) is 63.2 Å². The average molecular weight is 335 g/mol. The fraction of sp³-hybridized carbons (Fsp3) is 0.913. The Balaban J connectivity index is 0.000000647. The van der Waals surface area contributed by atoms with Gasteiger partial charge in [0, 0.05) is 6.61 Å². The third-order valence-electron chi connectivity index (χ3n) is 6.78. The maximum absolute atomic E-state index is 6.54. The summed E-state index contributed by atoms with van der Waals surface area (Å²) in [7, 11) is 0. The van der Waals surface area contributed by atoms with Crippen molar-refractivity contribution in [3.8, 4) is 0 Å². The van der Waals surface area contributed by atoms with Gasteiger partial charge in [-0.2, -0.15) is 0 Å². The monoisotopic (exact) mass is 334 g/mol. The lowest BCUT2D eigenvalue weighted by Gasteiger charge is -2.36. The number of fused-ring (bicyclic) bond motifs is 5. The van der Waals surface area contributed by atoms with Gasteiger partial charge in [0.05, 0.1) is 5.60 Å². The van der Waals surface area contributed by atoms with Crippen LogP contribution >= 0.6 is 0 Å². The van der Waals surface area contributed by atoms with Crippen LogP contribution in [0, 0.1) is 17.8 Å².